The molecule has 2 aromatic rings. The number of nitrogens with one attached hydrogen (secondary N) is 1. The highest BCUT2D eigenvalue weighted by atomic mass is 16.5. The van der Waals surface area contributed by atoms with Crippen LogP contribution in [0.1, 0.15) is 76.9 Å². The standard InChI is InChI=1S/C26H41N7O2/c1-6-22-29-24(18-7-8-18)33(31-22)20-13-23(30-27-14-20)28-19-9-11-25(2,12-10-19)16-32-15-21(34-4)26(3,17-32)35-5/h13-14,18-19,21H,6-12,15-17H2,1-5H3,(H,28,30)/t19?,21-,25?,26-/m1/s1. The predicted octanol–water partition coefficient (Wildman–Crippen LogP) is 3.59. The van der Waals surface area contributed by atoms with Crippen molar-refractivity contribution in [3.8, 4) is 5.69 Å². The Morgan fingerprint density at radius 3 is 2.54 bits per heavy atom. The highest BCUT2D eigenvalue weighted by molar-refractivity contribution is 5.44. The zero-order valence-electron chi connectivity index (χ0n) is 22.0. The van der Waals surface area contributed by atoms with E-state index in [1.165, 1.54) is 25.7 Å². The molecule has 0 aromatic carbocycles. The third-order valence-electron chi connectivity index (χ3n) is 8.36. The second-order valence-corrected chi connectivity index (χ2v) is 11.4. The first-order valence-electron chi connectivity index (χ1n) is 13.2. The molecule has 192 valence electrons. The summed E-state index contributed by atoms with van der Waals surface area (Å²) < 4.78 is 13.5. The summed E-state index contributed by atoms with van der Waals surface area (Å²) in [6, 6.07) is 2.48. The van der Waals surface area contributed by atoms with Crippen molar-refractivity contribution in [3.05, 3.63) is 23.9 Å². The summed E-state index contributed by atoms with van der Waals surface area (Å²) in [6.07, 6.45) is 9.77. The molecule has 2 aliphatic carbocycles. The molecular formula is C26H41N7O2. The highest BCUT2D eigenvalue weighted by Gasteiger charge is 2.45. The van der Waals surface area contributed by atoms with Crippen LogP contribution in [0, 0.1) is 5.41 Å². The third kappa shape index (κ3) is 5.22. The van der Waals surface area contributed by atoms with Gasteiger partial charge in [0, 0.05) is 58.3 Å². The summed E-state index contributed by atoms with van der Waals surface area (Å²) >= 11 is 0. The molecule has 0 amide bonds. The van der Waals surface area contributed by atoms with Crippen LogP contribution in [0.2, 0.25) is 0 Å². The monoisotopic (exact) mass is 483 g/mol. The maximum atomic E-state index is 5.81. The summed E-state index contributed by atoms with van der Waals surface area (Å²) in [6.45, 7) is 9.64. The number of hydrogen-bond acceptors (Lipinski definition) is 8. The second kappa shape index (κ2) is 9.75. The molecule has 0 radical (unpaired) electrons. The number of likely N-dealkylation sites (tertiary alicyclic amines) is 1. The van der Waals surface area contributed by atoms with Gasteiger partial charge in [-0.1, -0.05) is 13.8 Å². The molecule has 3 heterocycles. The van der Waals surface area contributed by atoms with Gasteiger partial charge in [-0.3, -0.25) is 4.90 Å². The molecule has 9 nitrogen and oxygen atoms in total. The lowest BCUT2D eigenvalue weighted by atomic mass is 9.73. The van der Waals surface area contributed by atoms with Crippen molar-refractivity contribution in [1.82, 2.24) is 29.9 Å². The molecule has 3 aliphatic rings. The largest absolute Gasteiger partial charge is 0.377 e. The van der Waals surface area contributed by atoms with Gasteiger partial charge in [-0.15, -0.1) is 5.10 Å². The third-order valence-corrected chi connectivity index (χ3v) is 8.36. The van der Waals surface area contributed by atoms with Gasteiger partial charge in [0.05, 0.1) is 18.0 Å². The number of anilines is 1. The number of rotatable bonds is 9. The first kappa shape index (κ1) is 24.6. The summed E-state index contributed by atoms with van der Waals surface area (Å²) in [4.78, 5) is 7.29. The second-order valence-electron chi connectivity index (χ2n) is 11.4. The van der Waals surface area contributed by atoms with Crippen LogP contribution >= 0.6 is 0 Å². The van der Waals surface area contributed by atoms with Crippen LogP contribution in [0.25, 0.3) is 5.69 Å². The molecule has 0 bridgehead atoms. The van der Waals surface area contributed by atoms with Crippen molar-refractivity contribution < 1.29 is 9.47 Å². The number of ether oxygens (including phenoxy) is 2. The lowest BCUT2D eigenvalue weighted by Gasteiger charge is -2.40. The number of hydrogen-bond donors (Lipinski definition) is 1. The van der Waals surface area contributed by atoms with Crippen LogP contribution < -0.4 is 5.32 Å². The van der Waals surface area contributed by atoms with Crippen LogP contribution in [-0.2, 0) is 15.9 Å². The van der Waals surface area contributed by atoms with Gasteiger partial charge < -0.3 is 14.8 Å². The Labute approximate surface area is 209 Å². The van der Waals surface area contributed by atoms with Gasteiger partial charge in [0.2, 0.25) is 0 Å². The molecule has 35 heavy (non-hydrogen) atoms. The Balaban J connectivity index is 1.19. The van der Waals surface area contributed by atoms with E-state index in [-0.39, 0.29) is 11.7 Å². The van der Waals surface area contributed by atoms with Crippen LogP contribution in [-0.4, -0.2) is 81.5 Å². The number of nitrogens with zero attached hydrogens (tertiary/aromatic N) is 6. The van der Waals surface area contributed by atoms with Gasteiger partial charge in [-0.05, 0) is 50.9 Å². The van der Waals surface area contributed by atoms with Gasteiger partial charge in [-0.25, -0.2) is 9.67 Å². The summed E-state index contributed by atoms with van der Waals surface area (Å²) in [5.41, 5.74) is 1.02. The molecule has 9 heteroatoms. The normalized spacial score (nSPS) is 31.7. The fourth-order valence-electron chi connectivity index (χ4n) is 5.90. The molecule has 2 saturated carbocycles. The topological polar surface area (TPSA) is 90.2 Å². The molecular weight excluding hydrogens is 442 g/mol. The average Bonchev–Trinajstić information content (AvgIpc) is 3.53. The maximum Gasteiger partial charge on any atom is 0.151 e. The predicted molar refractivity (Wildman–Crippen MR) is 135 cm³/mol. The average molecular weight is 484 g/mol. The molecule has 3 fully saturated rings. The Bertz CT molecular complexity index is 1010. The van der Waals surface area contributed by atoms with Crippen molar-refractivity contribution in [3.63, 3.8) is 0 Å². The Hall–Kier alpha value is -2.10. The fraction of sp³-hybridized carbons (Fsp3) is 0.769. The molecule has 2 atom stereocenters. The van der Waals surface area contributed by atoms with Crippen molar-refractivity contribution in [2.24, 2.45) is 5.41 Å². The van der Waals surface area contributed by atoms with Gasteiger partial charge in [0.25, 0.3) is 0 Å². The number of aromatic nitrogens is 5. The van der Waals surface area contributed by atoms with E-state index in [0.717, 1.165) is 62.1 Å². The molecule has 1 aliphatic heterocycles. The van der Waals surface area contributed by atoms with E-state index in [1.54, 1.807) is 20.4 Å². The van der Waals surface area contributed by atoms with E-state index in [1.807, 2.05) is 4.68 Å². The molecule has 0 unspecified atom stereocenters. The number of aryl methyl sites for hydroxylation is 1. The smallest absolute Gasteiger partial charge is 0.151 e. The minimum Gasteiger partial charge on any atom is -0.377 e. The molecule has 0 spiro atoms. The van der Waals surface area contributed by atoms with E-state index >= 15 is 0 Å². The first-order valence-corrected chi connectivity index (χ1v) is 13.2. The van der Waals surface area contributed by atoms with Crippen molar-refractivity contribution in [2.75, 3.05) is 39.2 Å². The molecule has 1 N–H and O–H groups in total. The molecule has 1 saturated heterocycles. The Kier molecular flexibility index (Phi) is 6.85. The number of methoxy groups -OCH3 is 2. The van der Waals surface area contributed by atoms with Gasteiger partial charge >= 0.3 is 0 Å². The molecule has 2 aromatic heterocycles. The SMILES string of the molecule is CCc1nc(C2CC2)n(-c2cnnc(NC3CCC(C)(CN4C[C@@H](OC)[C@](C)(OC)C4)CC3)c2)n1. The van der Waals surface area contributed by atoms with Crippen molar-refractivity contribution in [1.29, 1.82) is 0 Å². The maximum absolute atomic E-state index is 5.81. The van der Waals surface area contributed by atoms with E-state index in [9.17, 15) is 0 Å². The summed E-state index contributed by atoms with van der Waals surface area (Å²) in [5, 5.41) is 17.1. The fourth-order valence-corrected chi connectivity index (χ4v) is 5.90. The minimum absolute atomic E-state index is 0.124. The Morgan fingerprint density at radius 1 is 1.14 bits per heavy atom. The zero-order chi connectivity index (χ0) is 24.6. The Morgan fingerprint density at radius 2 is 1.91 bits per heavy atom. The lowest BCUT2D eigenvalue weighted by Crippen LogP contribution is -2.42. The van der Waals surface area contributed by atoms with Crippen LogP contribution in [0.15, 0.2) is 12.3 Å². The first-order chi connectivity index (χ1) is 16.8. The van der Waals surface area contributed by atoms with Crippen LogP contribution in [0.5, 0.6) is 0 Å². The van der Waals surface area contributed by atoms with E-state index in [4.69, 9.17) is 19.6 Å². The summed E-state index contributed by atoms with van der Waals surface area (Å²) in [7, 11) is 3.59. The molecule has 5 rings (SSSR count). The summed E-state index contributed by atoms with van der Waals surface area (Å²) in [5.74, 6) is 3.31. The van der Waals surface area contributed by atoms with E-state index in [0.29, 0.717) is 17.4 Å². The van der Waals surface area contributed by atoms with Crippen molar-refractivity contribution in [2.45, 2.75) is 89.4 Å². The highest BCUT2D eigenvalue weighted by Crippen LogP contribution is 2.41. The van der Waals surface area contributed by atoms with E-state index < -0.39 is 0 Å². The van der Waals surface area contributed by atoms with E-state index in [2.05, 4.69) is 47.3 Å². The zero-order valence-corrected chi connectivity index (χ0v) is 22.0. The van der Waals surface area contributed by atoms with Gasteiger partial charge in [0.1, 0.15) is 11.4 Å². The quantitative estimate of drug-likeness (QED) is 0.579. The van der Waals surface area contributed by atoms with Crippen LogP contribution in [0.4, 0.5) is 5.82 Å². The van der Waals surface area contributed by atoms with Gasteiger partial charge in [-0.2, -0.15) is 10.2 Å². The van der Waals surface area contributed by atoms with Crippen LogP contribution in [0.3, 0.4) is 0 Å². The van der Waals surface area contributed by atoms with Crippen molar-refractivity contribution >= 4 is 5.82 Å². The van der Waals surface area contributed by atoms with Gasteiger partial charge in [0.15, 0.2) is 11.6 Å². The minimum atomic E-state index is -0.227. The lowest BCUT2D eigenvalue weighted by molar-refractivity contribution is -0.0755.